The van der Waals surface area contributed by atoms with Gasteiger partial charge in [0.05, 0.1) is 18.3 Å². The van der Waals surface area contributed by atoms with Gasteiger partial charge < -0.3 is 9.84 Å². The molecular weight excluding hydrogens is 152 g/mol. The Kier molecular flexibility index (Phi) is 1.37. The maximum Gasteiger partial charge on any atom is 0.0845 e. The van der Waals surface area contributed by atoms with Crippen LogP contribution in [0.5, 0.6) is 0 Å². The van der Waals surface area contributed by atoms with E-state index in [1.165, 1.54) is 12.8 Å². The minimum Gasteiger partial charge on any atom is -0.393 e. The molecule has 2 nitrogen and oxygen atoms in total. The lowest BCUT2D eigenvalue weighted by Crippen LogP contribution is -2.27. The first-order chi connectivity index (χ1) is 5.75. The zero-order valence-corrected chi connectivity index (χ0v) is 7.44. The van der Waals surface area contributed by atoms with Crippen LogP contribution in [-0.4, -0.2) is 23.4 Å². The van der Waals surface area contributed by atoms with Gasteiger partial charge in [-0.05, 0) is 37.0 Å². The van der Waals surface area contributed by atoms with Crippen molar-refractivity contribution in [1.82, 2.24) is 0 Å². The van der Waals surface area contributed by atoms with E-state index in [1.807, 2.05) is 0 Å². The summed E-state index contributed by atoms with van der Waals surface area (Å²) < 4.78 is 5.49. The summed E-state index contributed by atoms with van der Waals surface area (Å²) in [6.45, 7) is 2.18. The summed E-state index contributed by atoms with van der Waals surface area (Å²) in [5, 5.41) is 9.87. The maximum absolute atomic E-state index is 9.87. The molecule has 68 valence electrons. The van der Waals surface area contributed by atoms with Gasteiger partial charge in [-0.3, -0.25) is 0 Å². The van der Waals surface area contributed by atoms with Crippen molar-refractivity contribution in [2.75, 3.05) is 0 Å². The zero-order chi connectivity index (χ0) is 8.29. The van der Waals surface area contributed by atoms with Gasteiger partial charge in [-0.25, -0.2) is 0 Å². The van der Waals surface area contributed by atoms with Crippen molar-refractivity contribution in [2.45, 2.75) is 44.5 Å². The third kappa shape index (κ3) is 0.882. The SMILES string of the molecule is CC1CC2CC3OC3CC2C1O. The van der Waals surface area contributed by atoms with E-state index in [1.54, 1.807) is 0 Å². The molecule has 0 amide bonds. The zero-order valence-electron chi connectivity index (χ0n) is 7.44. The molecule has 1 N–H and O–H groups in total. The van der Waals surface area contributed by atoms with Crippen LogP contribution in [0.15, 0.2) is 0 Å². The van der Waals surface area contributed by atoms with Gasteiger partial charge in [0.2, 0.25) is 0 Å². The van der Waals surface area contributed by atoms with Crippen molar-refractivity contribution in [2.24, 2.45) is 17.8 Å². The van der Waals surface area contributed by atoms with Crippen LogP contribution < -0.4 is 0 Å². The fourth-order valence-corrected chi connectivity index (χ4v) is 3.26. The van der Waals surface area contributed by atoms with Crippen molar-refractivity contribution >= 4 is 0 Å². The molecule has 0 bridgehead atoms. The molecule has 0 aromatic rings. The molecule has 0 spiro atoms. The second-order valence-corrected chi connectivity index (χ2v) is 4.81. The van der Waals surface area contributed by atoms with E-state index in [-0.39, 0.29) is 6.10 Å². The Balaban J connectivity index is 1.79. The molecule has 2 heteroatoms. The topological polar surface area (TPSA) is 32.8 Å². The number of ether oxygens (including phenoxy) is 1. The van der Waals surface area contributed by atoms with Crippen molar-refractivity contribution in [3.8, 4) is 0 Å². The Bertz CT molecular complexity index is 202. The predicted molar refractivity (Wildman–Crippen MR) is 44.7 cm³/mol. The summed E-state index contributed by atoms with van der Waals surface area (Å²) >= 11 is 0. The normalized spacial score (nSPS) is 62.5. The van der Waals surface area contributed by atoms with Crippen LogP contribution in [0.25, 0.3) is 0 Å². The summed E-state index contributed by atoms with van der Waals surface area (Å²) in [4.78, 5) is 0. The summed E-state index contributed by atoms with van der Waals surface area (Å²) in [5.41, 5.74) is 0. The second kappa shape index (κ2) is 2.24. The van der Waals surface area contributed by atoms with Gasteiger partial charge >= 0.3 is 0 Å². The number of rotatable bonds is 0. The van der Waals surface area contributed by atoms with E-state index in [4.69, 9.17) is 4.74 Å². The van der Waals surface area contributed by atoms with Crippen molar-refractivity contribution in [1.29, 1.82) is 0 Å². The van der Waals surface area contributed by atoms with Crippen LogP contribution in [0.1, 0.15) is 26.2 Å². The number of aliphatic hydroxyl groups excluding tert-OH is 1. The summed E-state index contributed by atoms with van der Waals surface area (Å²) in [6, 6.07) is 0. The highest BCUT2D eigenvalue weighted by atomic mass is 16.6. The quantitative estimate of drug-likeness (QED) is 0.551. The van der Waals surface area contributed by atoms with Crippen molar-refractivity contribution < 1.29 is 9.84 Å². The molecule has 0 radical (unpaired) electrons. The lowest BCUT2D eigenvalue weighted by Gasteiger charge is -2.24. The Morgan fingerprint density at radius 3 is 2.75 bits per heavy atom. The summed E-state index contributed by atoms with van der Waals surface area (Å²) in [5.74, 6) is 1.85. The van der Waals surface area contributed by atoms with E-state index >= 15 is 0 Å². The predicted octanol–water partition coefficient (Wildman–Crippen LogP) is 1.18. The van der Waals surface area contributed by atoms with Crippen LogP contribution in [0, 0.1) is 17.8 Å². The molecule has 1 saturated heterocycles. The van der Waals surface area contributed by atoms with E-state index in [0.717, 1.165) is 12.3 Å². The van der Waals surface area contributed by atoms with E-state index in [9.17, 15) is 5.11 Å². The number of aliphatic hydroxyl groups is 1. The molecule has 6 atom stereocenters. The molecule has 1 heterocycles. The standard InChI is InChI=1S/C10H16O2/c1-5-2-6-3-8-9(12-8)4-7(6)10(5)11/h5-11H,2-4H2,1H3. The van der Waals surface area contributed by atoms with Crippen LogP contribution in [0.2, 0.25) is 0 Å². The Morgan fingerprint density at radius 1 is 1.17 bits per heavy atom. The van der Waals surface area contributed by atoms with E-state index in [0.29, 0.717) is 24.0 Å². The van der Waals surface area contributed by atoms with Gasteiger partial charge in [0.15, 0.2) is 0 Å². The average Bonchev–Trinajstić information content (AvgIpc) is 2.74. The van der Waals surface area contributed by atoms with Crippen LogP contribution in [0.3, 0.4) is 0 Å². The Labute approximate surface area is 72.9 Å². The van der Waals surface area contributed by atoms with Crippen LogP contribution in [0.4, 0.5) is 0 Å². The van der Waals surface area contributed by atoms with E-state index in [2.05, 4.69) is 6.92 Å². The molecule has 2 saturated carbocycles. The highest BCUT2D eigenvalue weighted by Gasteiger charge is 2.53. The molecule has 0 aromatic heterocycles. The fourth-order valence-electron chi connectivity index (χ4n) is 3.26. The first kappa shape index (κ1) is 7.34. The Morgan fingerprint density at radius 2 is 1.92 bits per heavy atom. The molecule has 6 unspecified atom stereocenters. The van der Waals surface area contributed by atoms with Gasteiger partial charge in [-0.2, -0.15) is 0 Å². The number of epoxide rings is 1. The highest BCUT2D eigenvalue weighted by Crippen LogP contribution is 2.51. The lowest BCUT2D eigenvalue weighted by molar-refractivity contribution is 0.0774. The molecule has 1 aliphatic heterocycles. The van der Waals surface area contributed by atoms with Gasteiger partial charge in [-0.1, -0.05) is 6.92 Å². The molecule has 12 heavy (non-hydrogen) atoms. The smallest absolute Gasteiger partial charge is 0.0845 e. The number of hydrogen-bond acceptors (Lipinski definition) is 2. The highest BCUT2D eigenvalue weighted by molar-refractivity contribution is 5.02. The van der Waals surface area contributed by atoms with Crippen LogP contribution >= 0.6 is 0 Å². The molecule has 3 aliphatic rings. The fraction of sp³-hybridized carbons (Fsp3) is 1.00. The molecular formula is C10H16O2. The summed E-state index contributed by atoms with van der Waals surface area (Å²) in [6.07, 6.45) is 4.62. The maximum atomic E-state index is 9.87. The van der Waals surface area contributed by atoms with Crippen LogP contribution in [-0.2, 0) is 4.74 Å². The Hall–Kier alpha value is -0.0800. The van der Waals surface area contributed by atoms with E-state index < -0.39 is 0 Å². The van der Waals surface area contributed by atoms with Gasteiger partial charge in [0.1, 0.15) is 0 Å². The van der Waals surface area contributed by atoms with Crippen molar-refractivity contribution in [3.05, 3.63) is 0 Å². The molecule has 3 rings (SSSR count). The van der Waals surface area contributed by atoms with Gasteiger partial charge in [0, 0.05) is 0 Å². The second-order valence-electron chi connectivity index (χ2n) is 4.81. The third-order valence-corrected chi connectivity index (χ3v) is 4.03. The number of hydrogen-bond donors (Lipinski definition) is 1. The lowest BCUT2D eigenvalue weighted by atomic mass is 9.81. The largest absolute Gasteiger partial charge is 0.393 e. The molecule has 3 fully saturated rings. The third-order valence-electron chi connectivity index (χ3n) is 4.03. The number of fused-ring (bicyclic) bond motifs is 2. The average molecular weight is 168 g/mol. The summed E-state index contributed by atoms with van der Waals surface area (Å²) in [7, 11) is 0. The minimum atomic E-state index is -0.0415. The molecule has 2 aliphatic carbocycles. The first-order valence-corrected chi connectivity index (χ1v) is 5.09. The minimum absolute atomic E-state index is 0.0415. The monoisotopic (exact) mass is 168 g/mol. The molecule has 0 aromatic carbocycles. The van der Waals surface area contributed by atoms with Gasteiger partial charge in [-0.15, -0.1) is 0 Å². The van der Waals surface area contributed by atoms with Gasteiger partial charge in [0.25, 0.3) is 0 Å². The van der Waals surface area contributed by atoms with Crippen molar-refractivity contribution in [3.63, 3.8) is 0 Å². The first-order valence-electron chi connectivity index (χ1n) is 5.09.